The fourth-order valence-corrected chi connectivity index (χ4v) is 1.97. The van der Waals surface area contributed by atoms with Gasteiger partial charge in [0.15, 0.2) is 11.6 Å². The summed E-state index contributed by atoms with van der Waals surface area (Å²) in [6.45, 7) is 1.80. The third-order valence-corrected chi connectivity index (χ3v) is 3.24. The van der Waals surface area contributed by atoms with Crippen molar-refractivity contribution in [1.82, 2.24) is 0 Å². The van der Waals surface area contributed by atoms with Gasteiger partial charge in [-0.1, -0.05) is 12.1 Å². The van der Waals surface area contributed by atoms with Crippen molar-refractivity contribution in [3.8, 4) is 11.5 Å². The van der Waals surface area contributed by atoms with Crippen molar-refractivity contribution in [3.05, 3.63) is 57.4 Å². The van der Waals surface area contributed by atoms with Crippen LogP contribution in [0.25, 0.3) is 0 Å². The molecule has 18 heavy (non-hydrogen) atoms. The maximum Gasteiger partial charge on any atom is 0.167 e. The molecule has 0 aromatic heterocycles. The summed E-state index contributed by atoms with van der Waals surface area (Å²) in [5, 5.41) is 0. The van der Waals surface area contributed by atoms with Crippen molar-refractivity contribution in [3.63, 3.8) is 0 Å². The fraction of sp³-hybridized carbons (Fsp3) is 0.143. The molecule has 2 N–H and O–H groups in total. The number of nitrogens with two attached hydrogens (primary N) is 1. The first-order valence-corrected chi connectivity index (χ1v) is 6.63. The number of hydrogen-bond donors (Lipinski definition) is 1. The molecular weight excluding hydrogens is 344 g/mol. The normalized spacial score (nSPS) is 12.2. The van der Waals surface area contributed by atoms with E-state index in [0.29, 0.717) is 11.3 Å². The summed E-state index contributed by atoms with van der Waals surface area (Å²) >= 11 is 2.20. The average molecular weight is 357 g/mol. The van der Waals surface area contributed by atoms with Crippen molar-refractivity contribution in [1.29, 1.82) is 0 Å². The number of benzene rings is 2. The molecule has 2 rings (SSSR count). The largest absolute Gasteiger partial charge is 0.454 e. The maximum atomic E-state index is 13.8. The van der Waals surface area contributed by atoms with E-state index in [1.54, 1.807) is 31.2 Å². The Balaban J connectivity index is 2.36. The van der Waals surface area contributed by atoms with Crippen LogP contribution in [-0.4, -0.2) is 0 Å². The molecule has 0 unspecified atom stereocenters. The lowest BCUT2D eigenvalue weighted by Gasteiger charge is -2.14. The van der Waals surface area contributed by atoms with Gasteiger partial charge in [-0.2, -0.15) is 0 Å². The molecule has 0 aliphatic heterocycles. The molecule has 0 bridgehead atoms. The molecule has 0 aliphatic carbocycles. The zero-order valence-corrected chi connectivity index (χ0v) is 12.0. The van der Waals surface area contributed by atoms with E-state index in [9.17, 15) is 4.39 Å². The van der Waals surface area contributed by atoms with E-state index in [1.807, 2.05) is 12.1 Å². The first-order chi connectivity index (χ1) is 8.58. The van der Waals surface area contributed by atoms with Crippen LogP contribution in [0.15, 0.2) is 42.5 Å². The Morgan fingerprint density at radius 1 is 1.17 bits per heavy atom. The van der Waals surface area contributed by atoms with Gasteiger partial charge in [-0.05, 0) is 59.8 Å². The Morgan fingerprint density at radius 2 is 1.83 bits per heavy atom. The van der Waals surface area contributed by atoms with E-state index in [-0.39, 0.29) is 11.8 Å². The number of halogens is 2. The van der Waals surface area contributed by atoms with Gasteiger partial charge >= 0.3 is 0 Å². The van der Waals surface area contributed by atoms with Crippen LogP contribution in [0, 0.1) is 9.39 Å². The molecule has 0 heterocycles. The molecule has 2 aromatic rings. The van der Waals surface area contributed by atoms with Crippen molar-refractivity contribution < 1.29 is 9.13 Å². The molecular formula is C14H13FINO. The predicted molar refractivity (Wildman–Crippen MR) is 78.2 cm³/mol. The Bertz CT molecular complexity index is 540. The lowest BCUT2D eigenvalue weighted by molar-refractivity contribution is 0.432. The second kappa shape index (κ2) is 5.67. The van der Waals surface area contributed by atoms with Crippen LogP contribution in [0.5, 0.6) is 11.5 Å². The summed E-state index contributed by atoms with van der Waals surface area (Å²) in [7, 11) is 0. The first-order valence-electron chi connectivity index (χ1n) is 5.55. The smallest absolute Gasteiger partial charge is 0.167 e. The highest BCUT2D eigenvalue weighted by Crippen LogP contribution is 2.31. The molecule has 0 amide bonds. The molecule has 0 aliphatic rings. The Kier molecular flexibility index (Phi) is 4.19. The highest BCUT2D eigenvalue weighted by Gasteiger charge is 2.13. The van der Waals surface area contributed by atoms with Crippen molar-refractivity contribution in [2.24, 2.45) is 5.73 Å². The zero-order valence-electron chi connectivity index (χ0n) is 9.86. The lowest BCUT2D eigenvalue weighted by atomic mass is 10.1. The predicted octanol–water partition coefficient (Wildman–Crippen LogP) is 4.24. The second-order valence-corrected chi connectivity index (χ2v) is 5.25. The van der Waals surface area contributed by atoms with Crippen LogP contribution in [0.2, 0.25) is 0 Å². The quantitative estimate of drug-likeness (QED) is 0.834. The van der Waals surface area contributed by atoms with Crippen molar-refractivity contribution in [2.75, 3.05) is 0 Å². The summed E-state index contributed by atoms with van der Waals surface area (Å²) in [5.41, 5.74) is 6.47. The Hall–Kier alpha value is -1.14. The van der Waals surface area contributed by atoms with E-state index in [4.69, 9.17) is 10.5 Å². The molecule has 1 atom stereocenters. The standard InChI is InChI=1S/C14H13FINO/c1-9(17)12-3-2-4-13(15)14(12)18-11-7-5-10(16)6-8-11/h2-9H,17H2,1H3/t9-/m1/s1. The molecule has 0 spiro atoms. The number of ether oxygens (including phenoxy) is 1. The van der Waals surface area contributed by atoms with E-state index in [2.05, 4.69) is 22.6 Å². The fourth-order valence-electron chi connectivity index (χ4n) is 1.61. The van der Waals surface area contributed by atoms with Crippen LogP contribution in [0.3, 0.4) is 0 Å². The summed E-state index contributed by atoms with van der Waals surface area (Å²) in [5.74, 6) is 0.402. The van der Waals surface area contributed by atoms with Crippen LogP contribution in [0.4, 0.5) is 4.39 Å². The molecule has 4 heteroatoms. The van der Waals surface area contributed by atoms with Gasteiger partial charge in [0.1, 0.15) is 5.75 Å². The molecule has 0 saturated carbocycles. The molecule has 0 radical (unpaired) electrons. The average Bonchev–Trinajstić information content (AvgIpc) is 2.34. The van der Waals surface area contributed by atoms with Crippen molar-refractivity contribution >= 4 is 22.6 Å². The number of rotatable bonds is 3. The van der Waals surface area contributed by atoms with Gasteiger partial charge in [-0.25, -0.2) is 4.39 Å². The van der Waals surface area contributed by atoms with Crippen molar-refractivity contribution in [2.45, 2.75) is 13.0 Å². The van der Waals surface area contributed by atoms with E-state index in [1.165, 1.54) is 6.07 Å². The maximum absolute atomic E-state index is 13.8. The van der Waals surface area contributed by atoms with Gasteiger partial charge in [-0.15, -0.1) is 0 Å². The molecule has 2 aromatic carbocycles. The van der Waals surface area contributed by atoms with Gasteiger partial charge in [-0.3, -0.25) is 0 Å². The minimum atomic E-state index is -0.400. The highest BCUT2D eigenvalue weighted by atomic mass is 127. The minimum absolute atomic E-state index is 0.203. The Morgan fingerprint density at radius 3 is 2.44 bits per heavy atom. The number of hydrogen-bond acceptors (Lipinski definition) is 2. The molecule has 0 saturated heterocycles. The third-order valence-electron chi connectivity index (χ3n) is 2.52. The Labute approximate surface area is 119 Å². The van der Waals surface area contributed by atoms with Crippen LogP contribution in [0.1, 0.15) is 18.5 Å². The van der Waals surface area contributed by atoms with Gasteiger partial charge < -0.3 is 10.5 Å². The van der Waals surface area contributed by atoms with Crippen LogP contribution >= 0.6 is 22.6 Å². The van der Waals surface area contributed by atoms with Gasteiger partial charge in [0.2, 0.25) is 0 Å². The van der Waals surface area contributed by atoms with Crippen LogP contribution in [-0.2, 0) is 0 Å². The summed E-state index contributed by atoms with van der Waals surface area (Å²) in [6.07, 6.45) is 0. The molecule has 94 valence electrons. The third kappa shape index (κ3) is 3.00. The topological polar surface area (TPSA) is 35.2 Å². The molecule has 0 fully saturated rings. The van der Waals surface area contributed by atoms with E-state index >= 15 is 0 Å². The van der Waals surface area contributed by atoms with Crippen LogP contribution < -0.4 is 10.5 Å². The SMILES string of the molecule is C[C@@H](N)c1cccc(F)c1Oc1ccc(I)cc1. The second-order valence-electron chi connectivity index (χ2n) is 4.00. The molecule has 2 nitrogen and oxygen atoms in total. The first kappa shape index (κ1) is 13.3. The van der Waals surface area contributed by atoms with Gasteiger partial charge in [0.25, 0.3) is 0 Å². The van der Waals surface area contributed by atoms with Gasteiger partial charge in [0, 0.05) is 15.2 Å². The monoisotopic (exact) mass is 357 g/mol. The summed E-state index contributed by atoms with van der Waals surface area (Å²) < 4.78 is 20.5. The zero-order chi connectivity index (χ0) is 13.1. The minimum Gasteiger partial charge on any atom is -0.454 e. The lowest BCUT2D eigenvalue weighted by Crippen LogP contribution is -2.07. The highest BCUT2D eigenvalue weighted by molar-refractivity contribution is 14.1. The van der Waals surface area contributed by atoms with Gasteiger partial charge in [0.05, 0.1) is 0 Å². The van der Waals surface area contributed by atoms with E-state index in [0.717, 1.165) is 3.57 Å². The summed E-state index contributed by atoms with van der Waals surface area (Å²) in [6, 6.07) is 11.9. The summed E-state index contributed by atoms with van der Waals surface area (Å²) in [4.78, 5) is 0. The number of para-hydroxylation sites is 1. The van der Waals surface area contributed by atoms with E-state index < -0.39 is 5.82 Å².